The van der Waals surface area contributed by atoms with E-state index >= 15 is 0 Å². The molecule has 2 aromatic rings. The van der Waals surface area contributed by atoms with Crippen LogP contribution in [0.15, 0.2) is 34.8 Å². The number of carbonyl (C=O) groups excluding carboxylic acids is 1. The monoisotopic (exact) mass is 386 g/mol. The van der Waals surface area contributed by atoms with E-state index in [-0.39, 0.29) is 12.1 Å². The molecule has 7 heteroatoms. The van der Waals surface area contributed by atoms with Gasteiger partial charge in [0.05, 0.1) is 5.69 Å². The standard InChI is InChI=1S/C16H14BrF3N2O/c1-9-2-3-10(8-11(9)17)21-7-6-14(23)22-13-5-4-12(18)15(19)16(13)20/h2-5,8,21H,6-7H2,1H3,(H,22,23). The molecule has 2 N–H and O–H groups in total. The van der Waals surface area contributed by atoms with Crippen molar-refractivity contribution in [1.29, 1.82) is 0 Å². The maximum atomic E-state index is 13.4. The average molecular weight is 387 g/mol. The minimum absolute atomic E-state index is 0.0456. The van der Waals surface area contributed by atoms with Crippen LogP contribution in [0.3, 0.4) is 0 Å². The van der Waals surface area contributed by atoms with Crippen molar-refractivity contribution in [3.05, 3.63) is 57.8 Å². The highest BCUT2D eigenvalue weighted by atomic mass is 79.9. The van der Waals surface area contributed by atoms with Gasteiger partial charge in [0, 0.05) is 23.1 Å². The van der Waals surface area contributed by atoms with Gasteiger partial charge in [-0.15, -0.1) is 0 Å². The zero-order valence-electron chi connectivity index (χ0n) is 12.2. The van der Waals surface area contributed by atoms with Crippen LogP contribution < -0.4 is 10.6 Å². The number of aryl methyl sites for hydroxylation is 1. The maximum Gasteiger partial charge on any atom is 0.226 e. The molecule has 0 aliphatic heterocycles. The van der Waals surface area contributed by atoms with Gasteiger partial charge in [0.1, 0.15) is 0 Å². The molecule has 0 radical (unpaired) electrons. The molecule has 23 heavy (non-hydrogen) atoms. The lowest BCUT2D eigenvalue weighted by molar-refractivity contribution is -0.116. The molecule has 0 spiro atoms. The summed E-state index contributed by atoms with van der Waals surface area (Å²) in [6.45, 7) is 2.27. The number of carbonyl (C=O) groups is 1. The third-order valence-corrected chi connectivity index (χ3v) is 4.02. The Morgan fingerprint density at radius 3 is 2.57 bits per heavy atom. The summed E-state index contributed by atoms with van der Waals surface area (Å²) < 4.78 is 40.3. The van der Waals surface area contributed by atoms with E-state index in [4.69, 9.17) is 0 Å². The van der Waals surface area contributed by atoms with Crippen molar-refractivity contribution in [3.63, 3.8) is 0 Å². The van der Waals surface area contributed by atoms with Crippen molar-refractivity contribution in [1.82, 2.24) is 0 Å². The molecule has 0 atom stereocenters. The van der Waals surface area contributed by atoms with Gasteiger partial charge in [0.25, 0.3) is 0 Å². The average Bonchev–Trinajstić information content (AvgIpc) is 2.51. The van der Waals surface area contributed by atoms with Crippen LogP contribution in [0.2, 0.25) is 0 Å². The Morgan fingerprint density at radius 2 is 1.87 bits per heavy atom. The van der Waals surface area contributed by atoms with E-state index in [1.54, 1.807) is 0 Å². The number of hydrogen-bond donors (Lipinski definition) is 2. The van der Waals surface area contributed by atoms with E-state index in [0.29, 0.717) is 6.54 Å². The largest absolute Gasteiger partial charge is 0.384 e. The predicted octanol–water partition coefficient (Wildman–Crippen LogP) is 4.62. The number of amides is 1. The molecule has 0 saturated heterocycles. The topological polar surface area (TPSA) is 41.1 Å². The molecule has 0 saturated carbocycles. The first-order valence-corrected chi connectivity index (χ1v) is 7.61. The molecule has 0 aliphatic rings. The Kier molecular flexibility index (Phi) is 5.65. The van der Waals surface area contributed by atoms with Crippen LogP contribution in [-0.4, -0.2) is 12.5 Å². The van der Waals surface area contributed by atoms with Gasteiger partial charge in [0.15, 0.2) is 17.5 Å². The number of nitrogens with one attached hydrogen (secondary N) is 2. The van der Waals surface area contributed by atoms with E-state index in [1.165, 1.54) is 0 Å². The highest BCUT2D eigenvalue weighted by Crippen LogP contribution is 2.21. The van der Waals surface area contributed by atoms with Gasteiger partial charge < -0.3 is 10.6 Å². The third-order valence-electron chi connectivity index (χ3n) is 3.16. The molecule has 2 aromatic carbocycles. The van der Waals surface area contributed by atoms with Crippen LogP contribution >= 0.6 is 15.9 Å². The summed E-state index contributed by atoms with van der Waals surface area (Å²) in [5, 5.41) is 5.26. The van der Waals surface area contributed by atoms with Crippen LogP contribution in [0, 0.1) is 24.4 Å². The van der Waals surface area contributed by atoms with Crippen molar-refractivity contribution < 1.29 is 18.0 Å². The molecular weight excluding hydrogens is 373 g/mol. The first kappa shape index (κ1) is 17.3. The Bertz CT molecular complexity index is 738. The maximum absolute atomic E-state index is 13.4. The van der Waals surface area contributed by atoms with Gasteiger partial charge in [-0.3, -0.25) is 4.79 Å². The van der Waals surface area contributed by atoms with Gasteiger partial charge in [0.2, 0.25) is 5.91 Å². The van der Waals surface area contributed by atoms with Crippen LogP contribution in [0.1, 0.15) is 12.0 Å². The number of benzene rings is 2. The molecule has 0 fully saturated rings. The van der Waals surface area contributed by atoms with Crippen molar-refractivity contribution in [2.24, 2.45) is 0 Å². The summed E-state index contributed by atoms with van der Waals surface area (Å²) in [5.74, 6) is -4.82. The summed E-state index contributed by atoms with van der Waals surface area (Å²) in [5.41, 5.74) is 1.53. The van der Waals surface area contributed by atoms with Gasteiger partial charge in [-0.1, -0.05) is 22.0 Å². The van der Waals surface area contributed by atoms with Crippen LogP contribution in [0.5, 0.6) is 0 Å². The van der Waals surface area contributed by atoms with Gasteiger partial charge in [-0.2, -0.15) is 0 Å². The number of halogens is 4. The van der Waals surface area contributed by atoms with E-state index in [0.717, 1.165) is 27.9 Å². The van der Waals surface area contributed by atoms with E-state index < -0.39 is 23.4 Å². The molecule has 1 amide bonds. The molecule has 0 aromatic heterocycles. The fourth-order valence-electron chi connectivity index (χ4n) is 1.86. The summed E-state index contributed by atoms with van der Waals surface area (Å²) in [7, 11) is 0. The SMILES string of the molecule is Cc1ccc(NCCC(=O)Nc2ccc(F)c(F)c2F)cc1Br. The number of rotatable bonds is 5. The van der Waals surface area contributed by atoms with Crippen molar-refractivity contribution in [2.75, 3.05) is 17.2 Å². The molecule has 3 nitrogen and oxygen atoms in total. The summed E-state index contributed by atoms with van der Waals surface area (Å²) in [6, 6.07) is 7.41. The fourth-order valence-corrected chi connectivity index (χ4v) is 2.24. The summed E-state index contributed by atoms with van der Waals surface area (Å²) >= 11 is 3.40. The number of anilines is 2. The molecule has 0 bridgehead atoms. The molecule has 0 aliphatic carbocycles. The van der Waals surface area contributed by atoms with Crippen LogP contribution in [-0.2, 0) is 4.79 Å². The summed E-state index contributed by atoms with van der Waals surface area (Å²) in [4.78, 5) is 11.7. The smallest absolute Gasteiger partial charge is 0.226 e. The van der Waals surface area contributed by atoms with Crippen molar-refractivity contribution >= 4 is 33.2 Å². The Balaban J connectivity index is 1.88. The molecule has 0 unspecified atom stereocenters. The van der Waals surface area contributed by atoms with E-state index in [1.807, 2.05) is 25.1 Å². The van der Waals surface area contributed by atoms with Gasteiger partial charge in [-0.25, -0.2) is 13.2 Å². The first-order chi connectivity index (χ1) is 10.9. The van der Waals surface area contributed by atoms with Crippen LogP contribution in [0.25, 0.3) is 0 Å². The van der Waals surface area contributed by atoms with Crippen molar-refractivity contribution in [3.8, 4) is 0 Å². The Hall–Kier alpha value is -2.02. The molecular formula is C16H14BrF3N2O. The Morgan fingerprint density at radius 1 is 1.13 bits per heavy atom. The second-order valence-electron chi connectivity index (χ2n) is 4.91. The molecule has 2 rings (SSSR count). The Labute approximate surface area is 140 Å². The molecule has 0 heterocycles. The zero-order valence-corrected chi connectivity index (χ0v) is 13.8. The molecule has 122 valence electrons. The first-order valence-electron chi connectivity index (χ1n) is 6.82. The lowest BCUT2D eigenvalue weighted by Gasteiger charge is -2.09. The number of hydrogen-bond acceptors (Lipinski definition) is 2. The van der Waals surface area contributed by atoms with Crippen LogP contribution in [0.4, 0.5) is 24.5 Å². The highest BCUT2D eigenvalue weighted by Gasteiger charge is 2.14. The quantitative estimate of drug-likeness (QED) is 0.736. The summed E-state index contributed by atoms with van der Waals surface area (Å²) in [6.07, 6.45) is 0.0456. The van der Waals surface area contributed by atoms with Crippen molar-refractivity contribution in [2.45, 2.75) is 13.3 Å². The third kappa shape index (κ3) is 4.48. The van der Waals surface area contributed by atoms with Gasteiger partial charge in [-0.05, 0) is 36.8 Å². The highest BCUT2D eigenvalue weighted by molar-refractivity contribution is 9.10. The second kappa shape index (κ2) is 7.50. The van der Waals surface area contributed by atoms with E-state index in [9.17, 15) is 18.0 Å². The minimum Gasteiger partial charge on any atom is -0.384 e. The fraction of sp³-hybridized carbons (Fsp3) is 0.188. The van der Waals surface area contributed by atoms with E-state index in [2.05, 4.69) is 26.6 Å². The van der Waals surface area contributed by atoms with Gasteiger partial charge >= 0.3 is 0 Å². The zero-order chi connectivity index (χ0) is 17.0. The lowest BCUT2D eigenvalue weighted by atomic mass is 10.2. The predicted molar refractivity (Wildman–Crippen MR) is 86.9 cm³/mol. The lowest BCUT2D eigenvalue weighted by Crippen LogP contribution is -2.17. The second-order valence-corrected chi connectivity index (χ2v) is 5.77. The normalized spacial score (nSPS) is 10.5. The minimum atomic E-state index is -1.61.